The number of aromatic nitrogens is 4. The van der Waals surface area contributed by atoms with E-state index in [-0.39, 0.29) is 11.9 Å². The first-order valence-corrected chi connectivity index (χ1v) is 9.53. The van der Waals surface area contributed by atoms with Crippen molar-refractivity contribution in [3.8, 4) is 11.3 Å². The molecule has 0 spiro atoms. The molecule has 7 heteroatoms. The monoisotopic (exact) mass is 375 g/mol. The molecule has 0 bridgehead atoms. The third-order valence-corrected chi connectivity index (χ3v) is 5.37. The second kappa shape index (κ2) is 6.15. The van der Waals surface area contributed by atoms with Crippen LogP contribution in [0.2, 0.25) is 0 Å². The number of carbonyl (C=O) groups excluding carboxylic acids is 1. The van der Waals surface area contributed by atoms with Gasteiger partial charge in [0, 0.05) is 24.2 Å². The standard InChI is InChI=1S/C21H21N5O2/c1-11-8-17(15-6-7-19-18(9-15)24-13(3)28-19)25-20-16(10-22-26(11)20)21(27)23-12(2)14-4-5-14/h6-10,12,14H,4-5H2,1-3H3,(H,23,27)/t12-/m0/s1. The van der Waals surface area contributed by atoms with Gasteiger partial charge in [0.1, 0.15) is 11.1 Å². The lowest BCUT2D eigenvalue weighted by Crippen LogP contribution is -2.34. The van der Waals surface area contributed by atoms with Crippen molar-refractivity contribution in [2.24, 2.45) is 5.92 Å². The van der Waals surface area contributed by atoms with Gasteiger partial charge in [0.2, 0.25) is 0 Å². The number of rotatable bonds is 4. The molecule has 1 saturated carbocycles. The number of carbonyl (C=O) groups is 1. The maximum absolute atomic E-state index is 12.8. The molecule has 142 valence electrons. The van der Waals surface area contributed by atoms with Crippen molar-refractivity contribution < 1.29 is 9.21 Å². The van der Waals surface area contributed by atoms with Crippen LogP contribution in [0.3, 0.4) is 0 Å². The zero-order valence-electron chi connectivity index (χ0n) is 16.1. The van der Waals surface area contributed by atoms with Gasteiger partial charge in [-0.2, -0.15) is 5.10 Å². The van der Waals surface area contributed by atoms with Crippen molar-refractivity contribution in [3.05, 3.63) is 47.6 Å². The van der Waals surface area contributed by atoms with Gasteiger partial charge in [-0.25, -0.2) is 14.5 Å². The van der Waals surface area contributed by atoms with Crippen LogP contribution < -0.4 is 5.32 Å². The second-order valence-electron chi connectivity index (χ2n) is 7.59. The Labute approximate surface area is 161 Å². The Morgan fingerprint density at radius 1 is 1.25 bits per heavy atom. The van der Waals surface area contributed by atoms with Crippen LogP contribution in [0.15, 0.2) is 34.9 Å². The zero-order valence-corrected chi connectivity index (χ0v) is 16.1. The Morgan fingerprint density at radius 2 is 2.07 bits per heavy atom. The van der Waals surface area contributed by atoms with E-state index in [1.807, 2.05) is 38.1 Å². The highest BCUT2D eigenvalue weighted by molar-refractivity contribution is 6.00. The highest BCUT2D eigenvalue weighted by Gasteiger charge is 2.30. The van der Waals surface area contributed by atoms with E-state index in [0.717, 1.165) is 28.1 Å². The molecule has 5 rings (SSSR count). The van der Waals surface area contributed by atoms with Crippen molar-refractivity contribution in [2.45, 2.75) is 39.7 Å². The van der Waals surface area contributed by atoms with Crippen molar-refractivity contribution in [3.63, 3.8) is 0 Å². The Bertz CT molecular complexity index is 1220. The fraction of sp³-hybridized carbons (Fsp3) is 0.333. The minimum absolute atomic E-state index is 0.124. The fourth-order valence-corrected chi connectivity index (χ4v) is 3.62. The molecule has 1 amide bonds. The number of oxazole rings is 1. The molecule has 1 aromatic carbocycles. The topological polar surface area (TPSA) is 85.3 Å². The number of hydrogen-bond donors (Lipinski definition) is 1. The number of aryl methyl sites for hydroxylation is 2. The van der Waals surface area contributed by atoms with Gasteiger partial charge in [-0.3, -0.25) is 4.79 Å². The maximum Gasteiger partial charge on any atom is 0.256 e. The van der Waals surface area contributed by atoms with Crippen LogP contribution in [0.25, 0.3) is 28.0 Å². The van der Waals surface area contributed by atoms with Crippen LogP contribution in [0.1, 0.15) is 41.7 Å². The van der Waals surface area contributed by atoms with E-state index in [0.29, 0.717) is 23.0 Å². The molecule has 28 heavy (non-hydrogen) atoms. The summed E-state index contributed by atoms with van der Waals surface area (Å²) in [6.45, 7) is 5.84. The van der Waals surface area contributed by atoms with E-state index in [1.165, 1.54) is 12.8 Å². The SMILES string of the molecule is Cc1nc2cc(-c3cc(C)n4ncc(C(=O)N[C@@H](C)C5CC5)c4n3)ccc2o1. The molecule has 0 unspecified atom stereocenters. The Morgan fingerprint density at radius 3 is 2.86 bits per heavy atom. The Kier molecular flexibility index (Phi) is 3.72. The van der Waals surface area contributed by atoms with Gasteiger partial charge in [0.05, 0.1) is 11.9 Å². The first-order chi connectivity index (χ1) is 13.5. The molecular formula is C21H21N5O2. The number of nitrogens with zero attached hydrogens (tertiary/aromatic N) is 4. The minimum Gasteiger partial charge on any atom is -0.441 e. The summed E-state index contributed by atoms with van der Waals surface area (Å²) in [6.07, 6.45) is 3.96. The van der Waals surface area contributed by atoms with Crippen molar-refractivity contribution in [1.29, 1.82) is 0 Å². The summed E-state index contributed by atoms with van der Waals surface area (Å²) in [5.41, 5.74) is 5.20. The molecule has 3 heterocycles. The number of nitrogens with one attached hydrogen (secondary N) is 1. The quantitative estimate of drug-likeness (QED) is 0.588. The molecule has 3 aromatic heterocycles. The van der Waals surface area contributed by atoms with Crippen LogP contribution in [0, 0.1) is 19.8 Å². The second-order valence-corrected chi connectivity index (χ2v) is 7.59. The normalized spacial score (nSPS) is 15.2. The highest BCUT2D eigenvalue weighted by Crippen LogP contribution is 2.32. The van der Waals surface area contributed by atoms with Crippen LogP contribution in [0.4, 0.5) is 0 Å². The molecule has 1 fully saturated rings. The molecule has 0 aliphatic heterocycles. The molecule has 7 nitrogen and oxygen atoms in total. The zero-order chi connectivity index (χ0) is 19.4. The van der Waals surface area contributed by atoms with Crippen molar-refractivity contribution >= 4 is 22.7 Å². The fourth-order valence-electron chi connectivity index (χ4n) is 3.62. The lowest BCUT2D eigenvalue weighted by molar-refractivity contribution is 0.0937. The molecule has 1 aliphatic rings. The summed E-state index contributed by atoms with van der Waals surface area (Å²) < 4.78 is 7.26. The van der Waals surface area contributed by atoms with Crippen LogP contribution in [-0.2, 0) is 0 Å². The van der Waals surface area contributed by atoms with E-state index in [4.69, 9.17) is 9.40 Å². The van der Waals surface area contributed by atoms with Gasteiger partial charge >= 0.3 is 0 Å². The van der Waals surface area contributed by atoms with E-state index >= 15 is 0 Å². The third kappa shape index (κ3) is 2.83. The average molecular weight is 375 g/mol. The molecule has 0 saturated heterocycles. The van der Waals surface area contributed by atoms with E-state index in [2.05, 4.69) is 22.3 Å². The summed E-state index contributed by atoms with van der Waals surface area (Å²) in [6, 6.07) is 7.94. The molecule has 0 radical (unpaired) electrons. The van der Waals surface area contributed by atoms with Gasteiger partial charge < -0.3 is 9.73 Å². The largest absolute Gasteiger partial charge is 0.441 e. The van der Waals surface area contributed by atoms with Crippen molar-refractivity contribution in [2.75, 3.05) is 0 Å². The molecule has 1 N–H and O–H groups in total. The third-order valence-electron chi connectivity index (χ3n) is 5.37. The first kappa shape index (κ1) is 16.9. The predicted octanol–water partition coefficient (Wildman–Crippen LogP) is 3.68. The molecular weight excluding hydrogens is 354 g/mol. The van der Waals surface area contributed by atoms with Crippen LogP contribution in [-0.4, -0.2) is 31.5 Å². The summed E-state index contributed by atoms with van der Waals surface area (Å²) >= 11 is 0. The highest BCUT2D eigenvalue weighted by atomic mass is 16.3. The predicted molar refractivity (Wildman–Crippen MR) is 105 cm³/mol. The average Bonchev–Trinajstić information content (AvgIpc) is 3.31. The van der Waals surface area contributed by atoms with Gasteiger partial charge in [-0.1, -0.05) is 0 Å². The van der Waals surface area contributed by atoms with Gasteiger partial charge in [0.15, 0.2) is 17.1 Å². The number of amides is 1. The number of benzene rings is 1. The summed E-state index contributed by atoms with van der Waals surface area (Å²) in [4.78, 5) is 21.9. The van der Waals surface area contributed by atoms with E-state index in [9.17, 15) is 4.79 Å². The maximum atomic E-state index is 12.8. The molecule has 1 atom stereocenters. The summed E-state index contributed by atoms with van der Waals surface area (Å²) in [7, 11) is 0. The van der Waals surface area contributed by atoms with Crippen LogP contribution in [0.5, 0.6) is 0 Å². The van der Waals surface area contributed by atoms with E-state index < -0.39 is 0 Å². The van der Waals surface area contributed by atoms with E-state index in [1.54, 1.807) is 10.7 Å². The number of fused-ring (bicyclic) bond motifs is 2. The smallest absolute Gasteiger partial charge is 0.256 e. The van der Waals surface area contributed by atoms with Crippen LogP contribution >= 0.6 is 0 Å². The lowest BCUT2D eigenvalue weighted by atomic mass is 10.1. The minimum atomic E-state index is -0.124. The van der Waals surface area contributed by atoms with Gasteiger partial charge in [-0.05, 0) is 56.9 Å². The first-order valence-electron chi connectivity index (χ1n) is 9.53. The van der Waals surface area contributed by atoms with Gasteiger partial charge in [-0.15, -0.1) is 0 Å². The van der Waals surface area contributed by atoms with Crippen molar-refractivity contribution in [1.82, 2.24) is 24.9 Å². The summed E-state index contributed by atoms with van der Waals surface area (Å²) in [5.74, 6) is 1.10. The Hall–Kier alpha value is -3.22. The number of hydrogen-bond acceptors (Lipinski definition) is 5. The molecule has 4 aromatic rings. The lowest BCUT2D eigenvalue weighted by Gasteiger charge is -2.12. The van der Waals surface area contributed by atoms with Gasteiger partial charge in [0.25, 0.3) is 5.91 Å². The molecule has 1 aliphatic carbocycles. The summed E-state index contributed by atoms with van der Waals surface area (Å²) in [5, 5.41) is 7.45. The Balaban J connectivity index is 1.56.